The molecule has 1 amide bonds. The molecule has 1 heterocycles. The number of aryl methyl sites for hydroxylation is 1. The minimum atomic E-state index is -1.53. The van der Waals surface area contributed by atoms with Crippen molar-refractivity contribution in [2.24, 2.45) is 0 Å². The minimum absolute atomic E-state index is 0.0354. The molecule has 0 radical (unpaired) electrons. The molecule has 2 N–H and O–H groups in total. The number of carboxylic acids is 1. The Hall–Kier alpha value is -2.47. The van der Waals surface area contributed by atoms with Crippen LogP contribution in [0, 0.1) is 6.92 Å². The number of benzene rings is 2. The van der Waals surface area contributed by atoms with Gasteiger partial charge in [0.15, 0.2) is 0 Å². The van der Waals surface area contributed by atoms with Crippen molar-refractivity contribution in [3.63, 3.8) is 0 Å². The lowest BCUT2D eigenvalue weighted by molar-refractivity contribution is 0.0696. The fraction of sp³-hybridized carbons (Fsp3) is 0.0667. The quantitative estimate of drug-likeness (QED) is 0.847. The van der Waals surface area contributed by atoms with Gasteiger partial charge in [0.1, 0.15) is 0 Å². The van der Waals surface area contributed by atoms with Crippen LogP contribution in [0.4, 0.5) is 5.69 Å². The van der Waals surface area contributed by atoms with E-state index in [0.717, 1.165) is 5.56 Å². The van der Waals surface area contributed by atoms with E-state index in [0.29, 0.717) is 15.4 Å². The number of rotatable bonds is 1. The molecule has 1 aliphatic rings. The van der Waals surface area contributed by atoms with Crippen LogP contribution in [0.1, 0.15) is 26.3 Å². The summed E-state index contributed by atoms with van der Waals surface area (Å²) in [5.41, 5.74) is 1.54. The van der Waals surface area contributed by atoms with Gasteiger partial charge in [0.05, 0.1) is 37.4 Å². The highest BCUT2D eigenvalue weighted by molar-refractivity contribution is 7.85. The van der Waals surface area contributed by atoms with Gasteiger partial charge in [-0.05, 0) is 37.3 Å². The van der Waals surface area contributed by atoms with Crippen LogP contribution in [0.2, 0.25) is 0 Å². The predicted octanol–water partition coefficient (Wildman–Crippen LogP) is 2.43. The Morgan fingerprint density at radius 1 is 1.14 bits per heavy atom. The molecule has 2 aromatic carbocycles. The highest BCUT2D eigenvalue weighted by Gasteiger charge is 2.25. The maximum absolute atomic E-state index is 12.6. The van der Waals surface area contributed by atoms with Gasteiger partial charge < -0.3 is 10.4 Å². The number of amides is 1. The summed E-state index contributed by atoms with van der Waals surface area (Å²) >= 11 is 0. The van der Waals surface area contributed by atoms with Crippen LogP contribution < -0.4 is 5.32 Å². The Bertz CT molecular complexity index is 813. The third kappa shape index (κ3) is 2.23. The van der Waals surface area contributed by atoms with Crippen LogP contribution in [0.5, 0.6) is 0 Å². The maximum atomic E-state index is 12.6. The summed E-state index contributed by atoms with van der Waals surface area (Å²) in [5, 5.41) is 11.6. The molecule has 6 heteroatoms. The Morgan fingerprint density at radius 3 is 2.57 bits per heavy atom. The van der Waals surface area contributed by atoms with Crippen LogP contribution in [-0.2, 0) is 10.8 Å². The number of aromatic carboxylic acids is 1. The van der Waals surface area contributed by atoms with Gasteiger partial charge in [0.25, 0.3) is 5.91 Å². The number of nitrogens with one attached hydrogen (secondary N) is 1. The summed E-state index contributed by atoms with van der Waals surface area (Å²) in [6, 6.07) is 9.31. The van der Waals surface area contributed by atoms with E-state index in [2.05, 4.69) is 5.32 Å². The standard InChI is InChI=1S/C15H11NO4S/c1-8-2-4-12-10(6-8)14(17)16-11-7-9(15(18)19)3-5-13(11)21(12)20/h2-7H,1H3,(H,16,17)(H,18,19). The molecule has 0 fully saturated rings. The molecule has 1 unspecified atom stereocenters. The van der Waals surface area contributed by atoms with Gasteiger partial charge in [-0.3, -0.25) is 4.79 Å². The number of carboxylic acid groups (broad SMARTS) is 1. The van der Waals surface area contributed by atoms with E-state index in [4.69, 9.17) is 5.11 Å². The average Bonchev–Trinajstić information content (AvgIpc) is 2.55. The van der Waals surface area contributed by atoms with E-state index in [1.165, 1.54) is 18.2 Å². The van der Waals surface area contributed by atoms with E-state index in [1.54, 1.807) is 18.2 Å². The molecular formula is C15H11NO4S. The van der Waals surface area contributed by atoms with Gasteiger partial charge in [-0.25, -0.2) is 9.00 Å². The van der Waals surface area contributed by atoms with E-state index in [-0.39, 0.29) is 17.2 Å². The van der Waals surface area contributed by atoms with Crippen molar-refractivity contribution < 1.29 is 18.9 Å². The lowest BCUT2D eigenvalue weighted by Crippen LogP contribution is -2.12. The van der Waals surface area contributed by atoms with Crippen molar-refractivity contribution in [1.82, 2.24) is 0 Å². The second kappa shape index (κ2) is 4.82. The number of fused-ring (bicyclic) bond motifs is 2. The van der Waals surface area contributed by atoms with Crippen LogP contribution in [0.15, 0.2) is 46.2 Å². The molecule has 0 saturated heterocycles. The van der Waals surface area contributed by atoms with E-state index in [1.807, 2.05) is 6.92 Å². The molecule has 21 heavy (non-hydrogen) atoms. The van der Waals surface area contributed by atoms with E-state index < -0.39 is 16.8 Å². The molecule has 5 nitrogen and oxygen atoms in total. The summed E-state index contributed by atoms with van der Waals surface area (Å²) in [5.74, 6) is -1.49. The minimum Gasteiger partial charge on any atom is -0.478 e. The first kappa shape index (κ1) is 13.5. The van der Waals surface area contributed by atoms with Crippen molar-refractivity contribution in [2.45, 2.75) is 16.7 Å². The van der Waals surface area contributed by atoms with Gasteiger partial charge in [-0.15, -0.1) is 0 Å². The largest absolute Gasteiger partial charge is 0.478 e. The summed E-state index contributed by atoms with van der Waals surface area (Å²) in [4.78, 5) is 24.1. The first-order valence-corrected chi connectivity index (χ1v) is 7.33. The van der Waals surface area contributed by atoms with Crippen molar-refractivity contribution >= 4 is 28.4 Å². The first-order valence-electron chi connectivity index (χ1n) is 6.18. The van der Waals surface area contributed by atoms with Crippen LogP contribution in [0.25, 0.3) is 0 Å². The smallest absolute Gasteiger partial charge is 0.335 e. The molecule has 2 aromatic rings. The molecular weight excluding hydrogens is 290 g/mol. The van der Waals surface area contributed by atoms with E-state index in [9.17, 15) is 13.8 Å². The van der Waals surface area contributed by atoms with Crippen LogP contribution in [0.3, 0.4) is 0 Å². The van der Waals surface area contributed by atoms with Gasteiger partial charge in [-0.1, -0.05) is 11.6 Å². The summed E-state index contributed by atoms with van der Waals surface area (Å²) < 4.78 is 12.6. The number of hydrogen-bond acceptors (Lipinski definition) is 3. The van der Waals surface area contributed by atoms with Gasteiger partial charge >= 0.3 is 5.97 Å². The molecule has 0 bridgehead atoms. The van der Waals surface area contributed by atoms with Gasteiger partial charge in [0.2, 0.25) is 0 Å². The van der Waals surface area contributed by atoms with Crippen LogP contribution in [-0.4, -0.2) is 21.2 Å². The second-order valence-corrected chi connectivity index (χ2v) is 6.16. The van der Waals surface area contributed by atoms with Crippen molar-refractivity contribution in [3.05, 3.63) is 53.1 Å². The summed E-state index contributed by atoms with van der Waals surface area (Å²) in [6.45, 7) is 1.84. The first-order chi connectivity index (χ1) is 9.97. The number of carbonyl (C=O) groups excluding carboxylic acids is 1. The monoisotopic (exact) mass is 301 g/mol. The lowest BCUT2D eigenvalue weighted by Gasteiger charge is -2.06. The third-order valence-corrected chi connectivity index (χ3v) is 4.76. The molecule has 3 rings (SSSR count). The molecule has 0 aromatic heterocycles. The Labute approximate surface area is 123 Å². The lowest BCUT2D eigenvalue weighted by atomic mass is 10.1. The number of anilines is 1. The SMILES string of the molecule is Cc1ccc2c(c1)C(=O)Nc1cc(C(=O)O)ccc1S2=O. The number of hydrogen-bond donors (Lipinski definition) is 2. The molecule has 0 saturated carbocycles. The molecule has 0 aliphatic carbocycles. The molecule has 106 valence electrons. The molecule has 0 spiro atoms. The predicted molar refractivity (Wildman–Crippen MR) is 77.2 cm³/mol. The summed E-state index contributed by atoms with van der Waals surface area (Å²) in [7, 11) is -1.53. The topological polar surface area (TPSA) is 83.5 Å². The number of carbonyl (C=O) groups is 2. The fourth-order valence-electron chi connectivity index (χ4n) is 2.21. The fourth-order valence-corrected chi connectivity index (χ4v) is 3.49. The summed E-state index contributed by atoms with van der Waals surface area (Å²) in [6.07, 6.45) is 0. The second-order valence-electron chi connectivity index (χ2n) is 4.74. The van der Waals surface area contributed by atoms with Crippen molar-refractivity contribution in [3.8, 4) is 0 Å². The van der Waals surface area contributed by atoms with E-state index >= 15 is 0 Å². The maximum Gasteiger partial charge on any atom is 0.335 e. The Morgan fingerprint density at radius 2 is 1.86 bits per heavy atom. The zero-order chi connectivity index (χ0) is 15.1. The molecule has 1 aliphatic heterocycles. The van der Waals surface area contributed by atoms with Gasteiger partial charge in [-0.2, -0.15) is 0 Å². The third-order valence-electron chi connectivity index (χ3n) is 3.25. The normalized spacial score (nSPS) is 16.4. The van der Waals surface area contributed by atoms with Gasteiger partial charge in [0, 0.05) is 0 Å². The average molecular weight is 301 g/mol. The van der Waals surface area contributed by atoms with Crippen LogP contribution >= 0.6 is 0 Å². The van der Waals surface area contributed by atoms with Crippen molar-refractivity contribution in [2.75, 3.05) is 5.32 Å². The zero-order valence-corrected chi connectivity index (χ0v) is 11.9. The molecule has 1 atom stereocenters. The van der Waals surface area contributed by atoms with Crippen molar-refractivity contribution in [1.29, 1.82) is 0 Å². The highest BCUT2D eigenvalue weighted by Crippen LogP contribution is 2.31. The zero-order valence-electron chi connectivity index (χ0n) is 11.0. The Balaban J connectivity index is 2.22. The highest BCUT2D eigenvalue weighted by atomic mass is 32.2. The Kier molecular flexibility index (Phi) is 3.10.